The van der Waals surface area contributed by atoms with E-state index in [1.54, 1.807) is 6.92 Å². The van der Waals surface area contributed by atoms with E-state index >= 15 is 0 Å². The fourth-order valence-electron chi connectivity index (χ4n) is 3.95. The molecule has 0 radical (unpaired) electrons. The Morgan fingerprint density at radius 1 is 1.26 bits per heavy atom. The molecule has 2 fully saturated rings. The molecule has 1 unspecified atom stereocenters. The van der Waals surface area contributed by atoms with E-state index in [9.17, 15) is 14.3 Å². The monoisotopic (exact) mass is 319 g/mol. The van der Waals surface area contributed by atoms with Gasteiger partial charge in [0.15, 0.2) is 0 Å². The van der Waals surface area contributed by atoms with Crippen LogP contribution in [0.5, 0.6) is 0 Å². The topological polar surface area (TPSA) is 40.5 Å². The summed E-state index contributed by atoms with van der Waals surface area (Å²) in [6, 6.07) is 5.31. The molecule has 1 heterocycles. The summed E-state index contributed by atoms with van der Waals surface area (Å²) in [5.74, 6) is 0.689. The summed E-state index contributed by atoms with van der Waals surface area (Å²) >= 11 is 0. The molecule has 4 heteroatoms. The number of benzene rings is 1. The Morgan fingerprint density at radius 3 is 2.70 bits per heavy atom. The second kappa shape index (κ2) is 7.00. The fourth-order valence-corrected chi connectivity index (χ4v) is 3.95. The lowest BCUT2D eigenvalue weighted by Gasteiger charge is -2.28. The Hall–Kier alpha value is -1.42. The summed E-state index contributed by atoms with van der Waals surface area (Å²) in [5, 5.41) is 9.57. The molecular weight excluding hydrogens is 293 g/mol. The highest BCUT2D eigenvalue weighted by Gasteiger charge is 2.32. The van der Waals surface area contributed by atoms with E-state index in [2.05, 4.69) is 0 Å². The number of likely N-dealkylation sites (tertiary alicyclic amines) is 1. The lowest BCUT2D eigenvalue weighted by Crippen LogP contribution is -2.37. The number of hydrogen-bond acceptors (Lipinski definition) is 2. The first kappa shape index (κ1) is 16.4. The van der Waals surface area contributed by atoms with Crippen LogP contribution in [0.2, 0.25) is 0 Å². The average molecular weight is 319 g/mol. The standard InChI is InChI=1S/C19H26FNO2/c1-13-10-14(2-7-18(13)20)11-15-8-9-21(12-15)19(23)16-3-5-17(22)6-4-16/h2,7,10,15-17,22H,3-6,8-9,11-12H2,1H3. The molecule has 0 spiro atoms. The van der Waals surface area contributed by atoms with Gasteiger partial charge in [-0.1, -0.05) is 12.1 Å². The van der Waals surface area contributed by atoms with Crippen molar-refractivity contribution in [2.75, 3.05) is 13.1 Å². The van der Waals surface area contributed by atoms with Crippen molar-refractivity contribution in [3.8, 4) is 0 Å². The molecular formula is C19H26FNO2. The fraction of sp³-hybridized carbons (Fsp3) is 0.632. The van der Waals surface area contributed by atoms with Crippen LogP contribution in [-0.4, -0.2) is 35.1 Å². The summed E-state index contributed by atoms with van der Waals surface area (Å²) in [4.78, 5) is 14.6. The third-order valence-corrected chi connectivity index (χ3v) is 5.39. The maximum Gasteiger partial charge on any atom is 0.225 e. The van der Waals surface area contributed by atoms with Crippen molar-refractivity contribution in [3.05, 3.63) is 35.1 Å². The minimum absolute atomic E-state index is 0.102. The molecule has 1 N–H and O–H groups in total. The van der Waals surface area contributed by atoms with Gasteiger partial charge in [-0.05, 0) is 68.6 Å². The molecule has 1 saturated carbocycles. The van der Waals surface area contributed by atoms with Gasteiger partial charge >= 0.3 is 0 Å². The van der Waals surface area contributed by atoms with E-state index in [4.69, 9.17) is 0 Å². The number of aliphatic hydroxyl groups excluding tert-OH is 1. The lowest BCUT2D eigenvalue weighted by atomic mass is 9.86. The van der Waals surface area contributed by atoms with Crippen LogP contribution in [0, 0.1) is 24.6 Å². The maximum absolute atomic E-state index is 13.3. The van der Waals surface area contributed by atoms with Gasteiger partial charge < -0.3 is 10.0 Å². The van der Waals surface area contributed by atoms with E-state index in [1.165, 1.54) is 6.07 Å². The second-order valence-corrected chi connectivity index (χ2v) is 7.23. The highest BCUT2D eigenvalue weighted by molar-refractivity contribution is 5.79. The molecule has 126 valence electrons. The Bertz CT molecular complexity index is 566. The SMILES string of the molecule is Cc1cc(CC2CCN(C(=O)C3CCC(O)CC3)C2)ccc1F. The molecule has 3 rings (SSSR count). The predicted molar refractivity (Wildman–Crippen MR) is 87.5 cm³/mol. The average Bonchev–Trinajstić information content (AvgIpc) is 2.99. The van der Waals surface area contributed by atoms with Crippen molar-refractivity contribution in [2.45, 2.75) is 51.6 Å². The van der Waals surface area contributed by atoms with Crippen LogP contribution in [0.1, 0.15) is 43.2 Å². The quantitative estimate of drug-likeness (QED) is 0.930. The van der Waals surface area contributed by atoms with Crippen molar-refractivity contribution in [3.63, 3.8) is 0 Å². The number of carbonyl (C=O) groups is 1. The minimum Gasteiger partial charge on any atom is -0.393 e. The van der Waals surface area contributed by atoms with Crippen LogP contribution in [-0.2, 0) is 11.2 Å². The first-order valence-corrected chi connectivity index (χ1v) is 8.75. The third-order valence-electron chi connectivity index (χ3n) is 5.39. The second-order valence-electron chi connectivity index (χ2n) is 7.23. The molecule has 1 aliphatic carbocycles. The molecule has 1 aliphatic heterocycles. The summed E-state index contributed by atoms with van der Waals surface area (Å²) in [6.07, 6.45) is 4.86. The van der Waals surface area contributed by atoms with Gasteiger partial charge in [-0.25, -0.2) is 4.39 Å². The van der Waals surface area contributed by atoms with Gasteiger partial charge in [-0.15, -0.1) is 0 Å². The van der Waals surface area contributed by atoms with E-state index < -0.39 is 0 Å². The van der Waals surface area contributed by atoms with Crippen molar-refractivity contribution in [1.82, 2.24) is 4.90 Å². The Labute approximate surface area is 137 Å². The molecule has 1 amide bonds. The number of rotatable bonds is 3. The van der Waals surface area contributed by atoms with Crippen molar-refractivity contribution >= 4 is 5.91 Å². The van der Waals surface area contributed by atoms with Crippen molar-refractivity contribution < 1.29 is 14.3 Å². The molecule has 1 saturated heterocycles. The molecule has 1 aromatic carbocycles. The van der Waals surface area contributed by atoms with Gasteiger partial charge in [0, 0.05) is 19.0 Å². The van der Waals surface area contributed by atoms with Gasteiger partial charge in [0.05, 0.1) is 6.10 Å². The van der Waals surface area contributed by atoms with Crippen LogP contribution in [0.4, 0.5) is 4.39 Å². The summed E-state index contributed by atoms with van der Waals surface area (Å²) in [7, 11) is 0. The lowest BCUT2D eigenvalue weighted by molar-refractivity contribution is -0.136. The minimum atomic E-state index is -0.216. The highest BCUT2D eigenvalue weighted by atomic mass is 19.1. The Morgan fingerprint density at radius 2 is 2.00 bits per heavy atom. The van der Waals surface area contributed by atoms with Gasteiger partial charge in [-0.2, -0.15) is 0 Å². The van der Waals surface area contributed by atoms with E-state index in [1.807, 2.05) is 17.0 Å². The first-order chi connectivity index (χ1) is 11.0. The van der Waals surface area contributed by atoms with Crippen LogP contribution in [0.3, 0.4) is 0 Å². The zero-order valence-corrected chi connectivity index (χ0v) is 13.8. The van der Waals surface area contributed by atoms with Gasteiger partial charge in [0.25, 0.3) is 0 Å². The number of amides is 1. The molecule has 3 nitrogen and oxygen atoms in total. The van der Waals surface area contributed by atoms with Gasteiger partial charge in [-0.3, -0.25) is 4.79 Å². The van der Waals surface area contributed by atoms with Crippen LogP contribution < -0.4 is 0 Å². The number of halogens is 1. The van der Waals surface area contributed by atoms with E-state index in [0.29, 0.717) is 11.5 Å². The zero-order chi connectivity index (χ0) is 16.4. The van der Waals surface area contributed by atoms with E-state index in [0.717, 1.165) is 57.2 Å². The number of carbonyl (C=O) groups excluding carboxylic acids is 1. The normalized spacial score (nSPS) is 28.1. The number of nitrogens with zero attached hydrogens (tertiary/aromatic N) is 1. The number of aliphatic hydroxyl groups is 1. The molecule has 0 bridgehead atoms. The number of aryl methyl sites for hydroxylation is 1. The maximum atomic E-state index is 13.3. The van der Waals surface area contributed by atoms with Crippen LogP contribution >= 0.6 is 0 Å². The zero-order valence-electron chi connectivity index (χ0n) is 13.8. The predicted octanol–water partition coefficient (Wildman–Crippen LogP) is 3.08. The molecule has 23 heavy (non-hydrogen) atoms. The van der Waals surface area contributed by atoms with Gasteiger partial charge in [0.2, 0.25) is 5.91 Å². The molecule has 1 atom stereocenters. The molecule has 1 aromatic rings. The summed E-state index contributed by atoms with van der Waals surface area (Å²) in [5.41, 5.74) is 1.85. The van der Waals surface area contributed by atoms with Crippen LogP contribution in [0.15, 0.2) is 18.2 Å². The molecule has 2 aliphatic rings. The molecule has 0 aromatic heterocycles. The van der Waals surface area contributed by atoms with E-state index in [-0.39, 0.29) is 23.7 Å². The number of hydrogen-bond donors (Lipinski definition) is 1. The van der Waals surface area contributed by atoms with Crippen molar-refractivity contribution in [2.24, 2.45) is 11.8 Å². The third kappa shape index (κ3) is 3.92. The van der Waals surface area contributed by atoms with Crippen LogP contribution in [0.25, 0.3) is 0 Å². The Kier molecular flexibility index (Phi) is 5.00. The smallest absolute Gasteiger partial charge is 0.225 e. The first-order valence-electron chi connectivity index (χ1n) is 8.75. The Balaban J connectivity index is 1.53. The summed E-state index contributed by atoms with van der Waals surface area (Å²) < 4.78 is 13.3. The van der Waals surface area contributed by atoms with Gasteiger partial charge in [0.1, 0.15) is 5.82 Å². The largest absolute Gasteiger partial charge is 0.393 e. The highest BCUT2D eigenvalue weighted by Crippen LogP contribution is 2.29. The van der Waals surface area contributed by atoms with Crippen molar-refractivity contribution in [1.29, 1.82) is 0 Å². The summed E-state index contributed by atoms with van der Waals surface area (Å²) in [6.45, 7) is 3.44.